The van der Waals surface area contributed by atoms with E-state index in [-0.39, 0.29) is 29.3 Å². The van der Waals surface area contributed by atoms with Gasteiger partial charge in [-0.05, 0) is 24.3 Å². The van der Waals surface area contributed by atoms with E-state index in [1.165, 1.54) is 47.9 Å². The van der Waals surface area contributed by atoms with Crippen molar-refractivity contribution < 1.29 is 9.50 Å². The number of aliphatic hydroxyl groups is 1. The normalized spacial score (nSPS) is 19.5. The lowest BCUT2D eigenvalue weighted by Gasteiger charge is -2.26. The number of hydrogen-bond acceptors (Lipinski definition) is 7. The van der Waals surface area contributed by atoms with Crippen molar-refractivity contribution >= 4 is 17.3 Å². The first kappa shape index (κ1) is 19.2. The Morgan fingerprint density at radius 2 is 1.68 bits per heavy atom. The minimum atomic E-state index is -2.20. The number of rotatable bonds is 1. The van der Waals surface area contributed by atoms with Gasteiger partial charge in [-0.15, -0.1) is 0 Å². The lowest BCUT2D eigenvalue weighted by Crippen LogP contribution is -2.46. The van der Waals surface area contributed by atoms with Gasteiger partial charge in [-0.2, -0.15) is 0 Å². The minimum Gasteiger partial charge on any atom is -0.362 e. The molecule has 0 spiro atoms. The molecule has 3 N–H and O–H groups in total. The van der Waals surface area contributed by atoms with Gasteiger partial charge in [0.15, 0.2) is 0 Å². The summed E-state index contributed by atoms with van der Waals surface area (Å²) in [6.45, 7) is 0.0736. The van der Waals surface area contributed by atoms with Crippen LogP contribution in [-0.2, 0) is 26.4 Å². The summed E-state index contributed by atoms with van der Waals surface area (Å²) in [5, 5.41) is 13.2. The topological polar surface area (TPSA) is 109 Å². The summed E-state index contributed by atoms with van der Waals surface area (Å²) in [6.07, 6.45) is 0. The molecule has 0 fully saturated rings. The maximum Gasteiger partial charge on any atom is 0.330 e. The summed E-state index contributed by atoms with van der Waals surface area (Å²) in [5.41, 5.74) is -1.69. The van der Waals surface area contributed by atoms with E-state index in [9.17, 15) is 19.1 Å². The summed E-state index contributed by atoms with van der Waals surface area (Å²) in [7, 11) is 2.86. The Hall–Kier alpha value is -3.76. The Balaban J connectivity index is 1.90. The van der Waals surface area contributed by atoms with Gasteiger partial charge in [0.1, 0.15) is 5.82 Å². The average Bonchev–Trinajstić information content (AvgIpc) is 2.92. The van der Waals surface area contributed by atoms with E-state index in [2.05, 4.69) is 4.99 Å². The van der Waals surface area contributed by atoms with Crippen molar-refractivity contribution in [3.8, 4) is 0 Å². The predicted octanol–water partition coefficient (Wildman–Crippen LogP) is 0.486. The number of nitrogens with two attached hydrogens (primary N) is 1. The second-order valence-corrected chi connectivity index (χ2v) is 7.56. The lowest BCUT2D eigenvalue weighted by molar-refractivity contribution is 0.0875. The molecular formula is C21H19FN6O3. The molecule has 0 bridgehead atoms. The lowest BCUT2D eigenvalue weighted by atomic mass is 9.94. The molecule has 1 aromatic heterocycles. The van der Waals surface area contributed by atoms with Crippen LogP contribution in [-0.4, -0.2) is 20.2 Å². The molecule has 10 heteroatoms. The standard InChI is InChI=1S/C21H19FN6O3/c1-25-16-11-27-14-5-3-4-6-15(14)28(23)19(27)24-21(31,12-7-9-13(22)10-8-12)17(16)18(29)26(2)20(25)30/h3-10,31H,11,23H2,1-2H3/t21-/m1/s1. The molecule has 0 radical (unpaired) electrons. The number of halogens is 1. The van der Waals surface area contributed by atoms with Crippen molar-refractivity contribution in [3.05, 3.63) is 92.0 Å². The van der Waals surface area contributed by atoms with Crippen molar-refractivity contribution in [1.29, 1.82) is 0 Å². The molecular weight excluding hydrogens is 403 g/mol. The molecule has 31 heavy (non-hydrogen) atoms. The highest BCUT2D eigenvalue weighted by Crippen LogP contribution is 2.41. The number of hydrogen-bond donors (Lipinski definition) is 2. The van der Waals surface area contributed by atoms with Crippen LogP contribution >= 0.6 is 0 Å². The largest absolute Gasteiger partial charge is 0.362 e. The predicted molar refractivity (Wildman–Crippen MR) is 113 cm³/mol. The van der Waals surface area contributed by atoms with Gasteiger partial charge in [0.2, 0.25) is 11.7 Å². The zero-order valence-electron chi connectivity index (χ0n) is 16.8. The third-order valence-electron chi connectivity index (χ3n) is 5.84. The van der Waals surface area contributed by atoms with Gasteiger partial charge in [-0.3, -0.25) is 13.9 Å². The van der Waals surface area contributed by atoms with Crippen molar-refractivity contribution in [2.24, 2.45) is 24.9 Å². The Labute approximate surface area is 175 Å². The van der Waals surface area contributed by atoms with E-state index in [0.717, 1.165) is 4.57 Å². The Bertz CT molecular complexity index is 1380. The SMILES string of the molecule is Cn1c2c(c(=O)n(C)c1=O)[C@](O)(c1ccc(F)cc1)N=C1N(N)c3ccccc3N1C2. The molecule has 0 saturated carbocycles. The van der Waals surface area contributed by atoms with Crippen molar-refractivity contribution in [2.75, 3.05) is 9.91 Å². The van der Waals surface area contributed by atoms with Gasteiger partial charge in [0.05, 0.1) is 29.2 Å². The average molecular weight is 422 g/mol. The smallest absolute Gasteiger partial charge is 0.330 e. The number of para-hydroxylation sites is 2. The molecule has 2 aromatic carbocycles. The van der Waals surface area contributed by atoms with Gasteiger partial charge in [0, 0.05) is 19.7 Å². The second kappa shape index (κ2) is 6.37. The summed E-state index contributed by atoms with van der Waals surface area (Å²) in [4.78, 5) is 32.2. The number of benzene rings is 2. The number of fused-ring (bicyclic) bond motifs is 4. The van der Waals surface area contributed by atoms with Crippen LogP contribution in [0.5, 0.6) is 0 Å². The molecule has 0 saturated heterocycles. The second-order valence-electron chi connectivity index (χ2n) is 7.56. The fraction of sp³-hybridized carbons (Fsp3) is 0.190. The van der Waals surface area contributed by atoms with Crippen molar-refractivity contribution in [2.45, 2.75) is 12.3 Å². The maximum atomic E-state index is 13.6. The first-order valence-corrected chi connectivity index (χ1v) is 9.53. The summed E-state index contributed by atoms with van der Waals surface area (Å²) in [6, 6.07) is 12.3. The molecule has 2 aliphatic heterocycles. The van der Waals surface area contributed by atoms with Crippen LogP contribution in [0.25, 0.3) is 0 Å². The molecule has 3 aromatic rings. The molecule has 158 valence electrons. The number of hydrazine groups is 1. The highest BCUT2D eigenvalue weighted by Gasteiger charge is 2.45. The molecule has 0 amide bonds. The third-order valence-corrected chi connectivity index (χ3v) is 5.84. The van der Waals surface area contributed by atoms with E-state index >= 15 is 0 Å². The van der Waals surface area contributed by atoms with Crippen LogP contribution < -0.4 is 27.0 Å². The van der Waals surface area contributed by atoms with Crippen LogP contribution in [0.2, 0.25) is 0 Å². The molecule has 9 nitrogen and oxygen atoms in total. The van der Waals surface area contributed by atoms with Crippen LogP contribution in [0.1, 0.15) is 16.8 Å². The fourth-order valence-corrected chi connectivity index (χ4v) is 4.17. The Morgan fingerprint density at radius 1 is 1.03 bits per heavy atom. The Morgan fingerprint density at radius 3 is 2.35 bits per heavy atom. The fourth-order valence-electron chi connectivity index (χ4n) is 4.17. The van der Waals surface area contributed by atoms with E-state index in [0.29, 0.717) is 11.4 Å². The molecule has 0 unspecified atom stereocenters. The maximum absolute atomic E-state index is 13.6. The van der Waals surface area contributed by atoms with Crippen LogP contribution in [0.3, 0.4) is 0 Å². The third kappa shape index (κ3) is 2.52. The quantitative estimate of drug-likeness (QED) is 0.553. The van der Waals surface area contributed by atoms with Crippen LogP contribution in [0.15, 0.2) is 63.1 Å². The number of guanidine groups is 1. The first-order valence-electron chi connectivity index (χ1n) is 9.53. The van der Waals surface area contributed by atoms with Gasteiger partial charge in [0.25, 0.3) is 5.56 Å². The molecule has 0 aliphatic carbocycles. The van der Waals surface area contributed by atoms with Gasteiger partial charge < -0.3 is 10.0 Å². The molecule has 3 heterocycles. The zero-order valence-corrected chi connectivity index (χ0v) is 16.8. The van der Waals surface area contributed by atoms with Gasteiger partial charge >= 0.3 is 5.69 Å². The number of nitrogens with zero attached hydrogens (tertiary/aromatic N) is 5. The molecule has 2 aliphatic rings. The highest BCUT2D eigenvalue weighted by molar-refractivity contribution is 6.15. The zero-order chi connectivity index (χ0) is 22.1. The van der Waals surface area contributed by atoms with Crippen molar-refractivity contribution in [3.63, 3.8) is 0 Å². The molecule has 1 atom stereocenters. The number of aromatic nitrogens is 2. The van der Waals surface area contributed by atoms with E-state index in [1.807, 2.05) is 18.2 Å². The monoisotopic (exact) mass is 422 g/mol. The highest BCUT2D eigenvalue weighted by atomic mass is 19.1. The Kier molecular flexibility index (Phi) is 3.95. The van der Waals surface area contributed by atoms with Crippen LogP contribution in [0, 0.1) is 5.82 Å². The van der Waals surface area contributed by atoms with Gasteiger partial charge in [-0.1, -0.05) is 24.3 Å². The van der Waals surface area contributed by atoms with E-state index < -0.39 is 22.8 Å². The number of aliphatic imine (C=N–C) groups is 1. The van der Waals surface area contributed by atoms with Crippen molar-refractivity contribution in [1.82, 2.24) is 9.13 Å². The summed E-state index contributed by atoms with van der Waals surface area (Å²) >= 11 is 0. The summed E-state index contributed by atoms with van der Waals surface area (Å²) < 4.78 is 15.8. The number of anilines is 2. The van der Waals surface area contributed by atoms with Gasteiger partial charge in [-0.25, -0.2) is 25.0 Å². The first-order chi connectivity index (χ1) is 14.7. The minimum absolute atomic E-state index is 0.0736. The summed E-state index contributed by atoms with van der Waals surface area (Å²) in [5.74, 6) is 5.99. The van der Waals surface area contributed by atoms with Crippen LogP contribution in [0.4, 0.5) is 15.8 Å². The van der Waals surface area contributed by atoms with E-state index in [1.54, 1.807) is 11.0 Å². The molecule has 5 rings (SSSR count). The van der Waals surface area contributed by atoms with E-state index in [4.69, 9.17) is 5.84 Å².